The monoisotopic (exact) mass is 326 g/mol. The van der Waals surface area contributed by atoms with Gasteiger partial charge in [-0.1, -0.05) is 13.8 Å². The fourth-order valence-corrected chi connectivity index (χ4v) is 4.00. The molecule has 0 unspecified atom stereocenters. The molecule has 1 N–H and O–H groups in total. The van der Waals surface area contributed by atoms with Crippen molar-refractivity contribution in [1.29, 1.82) is 0 Å². The van der Waals surface area contributed by atoms with Crippen LogP contribution in [0.2, 0.25) is 0 Å². The molecule has 6 nitrogen and oxygen atoms in total. The topological polar surface area (TPSA) is 75.7 Å². The number of amides is 1. The molecule has 2 rings (SSSR count). The molecule has 1 aliphatic rings. The van der Waals surface area contributed by atoms with Gasteiger partial charge in [-0.25, -0.2) is 8.42 Å². The molecule has 1 saturated heterocycles. The summed E-state index contributed by atoms with van der Waals surface area (Å²) >= 11 is 0. The van der Waals surface area contributed by atoms with Crippen LogP contribution in [0.25, 0.3) is 0 Å². The fraction of sp³-hybridized carbons (Fsp3) is 0.533. The van der Waals surface area contributed by atoms with Crippen LogP contribution in [0.3, 0.4) is 0 Å². The number of carbonyl (C=O) groups is 1. The second kappa shape index (κ2) is 6.56. The molecule has 1 aliphatic heterocycles. The molecule has 1 aromatic carbocycles. The molecule has 0 spiro atoms. The van der Waals surface area contributed by atoms with Crippen molar-refractivity contribution in [3.8, 4) is 5.75 Å². The molecule has 0 atom stereocenters. The second-order valence-electron chi connectivity index (χ2n) is 5.77. The Bertz CT molecular complexity index is 656. The first-order valence-corrected chi connectivity index (χ1v) is 8.92. The number of ether oxygens (including phenoxy) is 1. The zero-order valence-electron chi connectivity index (χ0n) is 13.1. The fourth-order valence-electron chi connectivity index (χ4n) is 2.44. The minimum Gasteiger partial charge on any atom is -0.494 e. The summed E-state index contributed by atoms with van der Waals surface area (Å²) in [6, 6.07) is 5.02. The van der Waals surface area contributed by atoms with Gasteiger partial charge in [-0.3, -0.25) is 9.10 Å². The van der Waals surface area contributed by atoms with Gasteiger partial charge in [-0.05, 0) is 24.5 Å². The van der Waals surface area contributed by atoms with Crippen molar-refractivity contribution in [1.82, 2.24) is 0 Å². The molecule has 22 heavy (non-hydrogen) atoms. The highest BCUT2D eigenvalue weighted by Gasteiger charge is 2.29. The average molecular weight is 326 g/mol. The lowest BCUT2D eigenvalue weighted by Crippen LogP contribution is -2.25. The zero-order chi connectivity index (χ0) is 16.3. The number of nitrogens with one attached hydrogen (secondary N) is 1. The summed E-state index contributed by atoms with van der Waals surface area (Å²) in [6.07, 6.45) is 1.04. The van der Waals surface area contributed by atoms with Crippen molar-refractivity contribution in [2.45, 2.75) is 26.7 Å². The third kappa shape index (κ3) is 3.71. The molecule has 1 aromatic rings. The third-order valence-corrected chi connectivity index (χ3v) is 5.31. The van der Waals surface area contributed by atoms with Gasteiger partial charge in [0.15, 0.2) is 0 Å². The number of hydrogen-bond donors (Lipinski definition) is 1. The summed E-state index contributed by atoms with van der Waals surface area (Å²) in [5, 5.41) is 2.80. The lowest BCUT2D eigenvalue weighted by Gasteiger charge is -2.19. The van der Waals surface area contributed by atoms with E-state index in [4.69, 9.17) is 4.74 Å². The molecule has 0 aliphatic carbocycles. The summed E-state index contributed by atoms with van der Waals surface area (Å²) in [4.78, 5) is 11.9. The SMILES string of the molecule is COc1cc(N2CCCS2(=O)=O)ccc1NC(=O)CC(C)C. The van der Waals surface area contributed by atoms with Crippen molar-refractivity contribution in [3.63, 3.8) is 0 Å². The molecule has 122 valence electrons. The predicted octanol–water partition coefficient (Wildman–Crippen LogP) is 2.22. The van der Waals surface area contributed by atoms with Crippen LogP contribution in [0, 0.1) is 5.92 Å². The Balaban J connectivity index is 2.23. The largest absolute Gasteiger partial charge is 0.494 e. The molecule has 0 radical (unpaired) electrons. The molecule has 1 amide bonds. The Kier molecular flexibility index (Phi) is 4.95. The van der Waals surface area contributed by atoms with E-state index < -0.39 is 10.0 Å². The number of hydrogen-bond acceptors (Lipinski definition) is 4. The van der Waals surface area contributed by atoms with E-state index in [9.17, 15) is 13.2 Å². The van der Waals surface area contributed by atoms with Gasteiger partial charge >= 0.3 is 0 Å². The average Bonchev–Trinajstić information content (AvgIpc) is 2.78. The van der Waals surface area contributed by atoms with E-state index in [0.717, 1.165) is 0 Å². The number of benzene rings is 1. The van der Waals surface area contributed by atoms with Crippen LogP contribution in [0.4, 0.5) is 11.4 Å². The third-order valence-electron chi connectivity index (χ3n) is 3.44. The maximum Gasteiger partial charge on any atom is 0.235 e. The number of carbonyl (C=O) groups excluding carboxylic acids is 1. The van der Waals surface area contributed by atoms with Crippen LogP contribution in [0.1, 0.15) is 26.7 Å². The molecule has 0 saturated carbocycles. The summed E-state index contributed by atoms with van der Waals surface area (Å²) in [5.41, 5.74) is 1.12. The highest BCUT2D eigenvalue weighted by molar-refractivity contribution is 7.93. The van der Waals surface area contributed by atoms with Gasteiger partial charge in [-0.15, -0.1) is 0 Å². The van der Waals surface area contributed by atoms with Crippen molar-refractivity contribution < 1.29 is 17.9 Å². The van der Waals surface area contributed by atoms with Crippen LogP contribution < -0.4 is 14.4 Å². The van der Waals surface area contributed by atoms with Crippen molar-refractivity contribution >= 4 is 27.3 Å². The van der Waals surface area contributed by atoms with E-state index in [1.165, 1.54) is 11.4 Å². The summed E-state index contributed by atoms with van der Waals surface area (Å²) in [7, 11) is -1.73. The van der Waals surface area contributed by atoms with E-state index in [0.29, 0.717) is 36.5 Å². The van der Waals surface area contributed by atoms with Crippen molar-refractivity contribution in [2.24, 2.45) is 5.92 Å². The molecule has 7 heteroatoms. The lowest BCUT2D eigenvalue weighted by atomic mass is 10.1. The van der Waals surface area contributed by atoms with Gasteiger partial charge in [0.1, 0.15) is 5.75 Å². The Morgan fingerprint density at radius 2 is 2.14 bits per heavy atom. The van der Waals surface area contributed by atoms with E-state index in [1.54, 1.807) is 18.2 Å². The van der Waals surface area contributed by atoms with E-state index in [1.807, 2.05) is 13.8 Å². The minimum absolute atomic E-state index is 0.0881. The molecular formula is C15H22N2O4S. The number of methoxy groups -OCH3 is 1. The van der Waals surface area contributed by atoms with Gasteiger partial charge < -0.3 is 10.1 Å². The van der Waals surface area contributed by atoms with Crippen LogP contribution in [0.5, 0.6) is 5.75 Å². The standard InChI is InChI=1S/C15H22N2O4S/c1-11(2)9-15(18)16-13-6-5-12(10-14(13)21-3)17-7-4-8-22(17,19)20/h5-6,10-11H,4,7-9H2,1-3H3,(H,16,18). The first-order chi connectivity index (χ1) is 10.3. The molecule has 0 aromatic heterocycles. The molecule has 0 bridgehead atoms. The van der Waals surface area contributed by atoms with E-state index in [-0.39, 0.29) is 17.6 Å². The van der Waals surface area contributed by atoms with E-state index >= 15 is 0 Å². The summed E-state index contributed by atoms with van der Waals surface area (Å²) in [5.74, 6) is 0.800. The number of anilines is 2. The number of rotatable bonds is 5. The summed E-state index contributed by atoms with van der Waals surface area (Å²) in [6.45, 7) is 4.42. The minimum atomic E-state index is -3.23. The van der Waals surface area contributed by atoms with Gasteiger partial charge in [0.25, 0.3) is 0 Å². The van der Waals surface area contributed by atoms with Gasteiger partial charge in [-0.2, -0.15) is 0 Å². The molecule has 1 heterocycles. The number of nitrogens with zero attached hydrogens (tertiary/aromatic N) is 1. The highest BCUT2D eigenvalue weighted by atomic mass is 32.2. The highest BCUT2D eigenvalue weighted by Crippen LogP contribution is 2.33. The summed E-state index contributed by atoms with van der Waals surface area (Å²) < 4.78 is 30.6. The van der Waals surface area contributed by atoms with E-state index in [2.05, 4.69) is 5.32 Å². The van der Waals surface area contributed by atoms with Crippen LogP contribution in [-0.2, 0) is 14.8 Å². The first-order valence-electron chi connectivity index (χ1n) is 7.32. The number of sulfonamides is 1. The Labute approximate surface area is 131 Å². The van der Waals surface area contributed by atoms with Gasteiger partial charge in [0, 0.05) is 19.0 Å². The van der Waals surface area contributed by atoms with Crippen LogP contribution in [-0.4, -0.2) is 33.7 Å². The Morgan fingerprint density at radius 3 is 2.68 bits per heavy atom. The zero-order valence-corrected chi connectivity index (χ0v) is 13.9. The lowest BCUT2D eigenvalue weighted by molar-refractivity contribution is -0.116. The maximum atomic E-state index is 12.0. The van der Waals surface area contributed by atoms with Gasteiger partial charge in [0.2, 0.25) is 15.9 Å². The molecule has 1 fully saturated rings. The Morgan fingerprint density at radius 1 is 1.41 bits per heavy atom. The van der Waals surface area contributed by atoms with Gasteiger partial charge in [0.05, 0.1) is 24.2 Å². The smallest absolute Gasteiger partial charge is 0.235 e. The quantitative estimate of drug-likeness (QED) is 0.900. The normalized spacial score (nSPS) is 16.8. The van der Waals surface area contributed by atoms with Crippen LogP contribution in [0.15, 0.2) is 18.2 Å². The second-order valence-corrected chi connectivity index (χ2v) is 7.79. The molecular weight excluding hydrogens is 304 g/mol. The predicted molar refractivity (Wildman–Crippen MR) is 86.8 cm³/mol. The Hall–Kier alpha value is -1.76. The first kappa shape index (κ1) is 16.6. The maximum absolute atomic E-state index is 12.0. The van der Waals surface area contributed by atoms with Crippen molar-refractivity contribution in [2.75, 3.05) is 29.0 Å². The van der Waals surface area contributed by atoms with Crippen LogP contribution >= 0.6 is 0 Å². The van der Waals surface area contributed by atoms with Crippen molar-refractivity contribution in [3.05, 3.63) is 18.2 Å².